The Labute approximate surface area is 148 Å². The third-order valence-corrected chi connectivity index (χ3v) is 5.90. The second-order valence-corrected chi connectivity index (χ2v) is 7.25. The van der Waals surface area contributed by atoms with Gasteiger partial charge in [0, 0.05) is 12.5 Å². The van der Waals surface area contributed by atoms with Crippen molar-refractivity contribution >= 4 is 6.03 Å². The van der Waals surface area contributed by atoms with E-state index in [4.69, 9.17) is 4.42 Å². The van der Waals surface area contributed by atoms with Crippen LogP contribution in [-0.4, -0.2) is 22.5 Å². The summed E-state index contributed by atoms with van der Waals surface area (Å²) in [6.45, 7) is 4.97. The predicted molar refractivity (Wildman–Crippen MR) is 95.0 cm³/mol. The van der Waals surface area contributed by atoms with Crippen molar-refractivity contribution in [1.29, 1.82) is 0 Å². The standard InChI is InChI=1S/C20H25N3O2/c1-14-15(2)25-18(22-14)12-21-19(24)23-13-17-10-6-7-11-20(17,23)16-8-4-3-5-9-16/h3-5,8-9,17H,6-7,10-13H2,1-2H3,(H,21,24)/t17-,20-/m1/s1. The second kappa shape index (κ2) is 6.21. The molecule has 2 fully saturated rings. The normalized spacial score (nSPS) is 25.2. The third-order valence-electron chi connectivity index (χ3n) is 5.90. The molecule has 2 atom stereocenters. The summed E-state index contributed by atoms with van der Waals surface area (Å²) < 4.78 is 5.57. The van der Waals surface area contributed by atoms with Gasteiger partial charge in [-0.3, -0.25) is 0 Å². The molecule has 1 saturated carbocycles. The number of amides is 2. The fourth-order valence-corrected chi connectivity index (χ4v) is 4.48. The SMILES string of the molecule is Cc1nc(CNC(=O)N2C[C@H]3CCCC[C@@]32c2ccccc2)oc1C. The van der Waals surface area contributed by atoms with Crippen molar-refractivity contribution in [2.75, 3.05) is 6.54 Å². The summed E-state index contributed by atoms with van der Waals surface area (Å²) in [5.41, 5.74) is 2.01. The maximum atomic E-state index is 12.9. The van der Waals surface area contributed by atoms with Crippen LogP contribution < -0.4 is 5.32 Å². The van der Waals surface area contributed by atoms with E-state index in [0.29, 0.717) is 18.4 Å². The quantitative estimate of drug-likeness (QED) is 0.922. The lowest BCUT2D eigenvalue weighted by atomic mass is 9.62. The van der Waals surface area contributed by atoms with Crippen molar-refractivity contribution in [3.8, 4) is 0 Å². The molecule has 5 heteroatoms. The summed E-state index contributed by atoms with van der Waals surface area (Å²) in [5, 5.41) is 3.00. The van der Waals surface area contributed by atoms with Gasteiger partial charge < -0.3 is 14.6 Å². The number of benzene rings is 1. The largest absolute Gasteiger partial charge is 0.444 e. The molecule has 25 heavy (non-hydrogen) atoms. The van der Waals surface area contributed by atoms with Crippen LogP contribution in [0.4, 0.5) is 4.79 Å². The van der Waals surface area contributed by atoms with Crippen LogP contribution in [0.1, 0.15) is 48.6 Å². The Morgan fingerprint density at radius 3 is 2.80 bits per heavy atom. The number of urea groups is 1. The van der Waals surface area contributed by atoms with Gasteiger partial charge in [-0.1, -0.05) is 43.2 Å². The Kier molecular flexibility index (Phi) is 4.02. The predicted octanol–water partition coefficient (Wildman–Crippen LogP) is 3.90. The van der Waals surface area contributed by atoms with Crippen LogP contribution >= 0.6 is 0 Å². The van der Waals surface area contributed by atoms with Crippen molar-refractivity contribution in [2.45, 2.75) is 51.6 Å². The van der Waals surface area contributed by atoms with Gasteiger partial charge in [0.2, 0.25) is 5.89 Å². The highest BCUT2D eigenvalue weighted by molar-refractivity contribution is 5.76. The number of hydrogen-bond acceptors (Lipinski definition) is 3. The van der Waals surface area contributed by atoms with Gasteiger partial charge >= 0.3 is 6.03 Å². The molecule has 0 bridgehead atoms. The number of carbonyl (C=O) groups excluding carboxylic acids is 1. The van der Waals surface area contributed by atoms with Gasteiger partial charge in [0.1, 0.15) is 5.76 Å². The summed E-state index contributed by atoms with van der Waals surface area (Å²) in [7, 11) is 0. The van der Waals surface area contributed by atoms with Crippen LogP contribution in [0.5, 0.6) is 0 Å². The molecule has 0 radical (unpaired) electrons. The zero-order valence-electron chi connectivity index (χ0n) is 14.9. The number of hydrogen-bond donors (Lipinski definition) is 1. The Balaban J connectivity index is 1.52. The zero-order valence-corrected chi connectivity index (χ0v) is 14.9. The lowest BCUT2D eigenvalue weighted by Crippen LogP contribution is -2.69. The van der Waals surface area contributed by atoms with Crippen molar-refractivity contribution in [1.82, 2.24) is 15.2 Å². The van der Waals surface area contributed by atoms with E-state index in [9.17, 15) is 4.79 Å². The minimum Gasteiger partial charge on any atom is -0.444 e. The van der Waals surface area contributed by atoms with Gasteiger partial charge in [-0.15, -0.1) is 0 Å². The topological polar surface area (TPSA) is 58.4 Å². The van der Waals surface area contributed by atoms with Gasteiger partial charge in [0.15, 0.2) is 0 Å². The van der Waals surface area contributed by atoms with Crippen molar-refractivity contribution in [3.63, 3.8) is 0 Å². The molecule has 1 aromatic carbocycles. The molecule has 2 aromatic rings. The van der Waals surface area contributed by atoms with Crippen LogP contribution in [0.2, 0.25) is 0 Å². The number of nitrogens with zero attached hydrogens (tertiary/aromatic N) is 2. The molecule has 2 amide bonds. The second-order valence-electron chi connectivity index (χ2n) is 7.25. The van der Waals surface area contributed by atoms with E-state index in [1.807, 2.05) is 24.8 Å². The molecular weight excluding hydrogens is 314 g/mol. The van der Waals surface area contributed by atoms with Gasteiger partial charge in [-0.25, -0.2) is 9.78 Å². The van der Waals surface area contributed by atoms with Gasteiger partial charge in [-0.05, 0) is 32.3 Å². The van der Waals surface area contributed by atoms with E-state index < -0.39 is 0 Å². The Morgan fingerprint density at radius 2 is 2.12 bits per heavy atom. The highest BCUT2D eigenvalue weighted by Crippen LogP contribution is 2.53. The average Bonchev–Trinajstić information content (AvgIpc) is 2.93. The van der Waals surface area contributed by atoms with Gasteiger partial charge in [0.25, 0.3) is 0 Å². The number of fused-ring (bicyclic) bond motifs is 1. The highest BCUT2D eigenvalue weighted by atomic mass is 16.4. The molecule has 1 aliphatic carbocycles. The molecule has 5 nitrogen and oxygen atoms in total. The lowest BCUT2D eigenvalue weighted by molar-refractivity contribution is -0.0795. The first kappa shape index (κ1) is 16.2. The van der Waals surface area contributed by atoms with Gasteiger partial charge in [0.05, 0.1) is 17.8 Å². The van der Waals surface area contributed by atoms with Gasteiger partial charge in [-0.2, -0.15) is 0 Å². The van der Waals surface area contributed by atoms with E-state index >= 15 is 0 Å². The Morgan fingerprint density at radius 1 is 1.32 bits per heavy atom. The zero-order chi connectivity index (χ0) is 17.4. The number of nitrogens with one attached hydrogen (secondary N) is 1. The van der Waals surface area contributed by atoms with Crippen LogP contribution in [0.15, 0.2) is 34.7 Å². The maximum Gasteiger partial charge on any atom is 0.318 e. The first-order chi connectivity index (χ1) is 12.1. The molecular formula is C20H25N3O2. The van der Waals surface area contributed by atoms with E-state index in [-0.39, 0.29) is 11.6 Å². The molecule has 2 aliphatic rings. The molecule has 1 aromatic heterocycles. The number of aryl methyl sites for hydroxylation is 2. The third kappa shape index (κ3) is 2.62. The van der Waals surface area contributed by atoms with Crippen molar-refractivity contribution < 1.29 is 9.21 Å². The molecule has 1 aliphatic heterocycles. The van der Waals surface area contributed by atoms with E-state index in [1.165, 1.54) is 24.8 Å². The average molecular weight is 339 g/mol. The summed E-state index contributed by atoms with van der Waals surface area (Å²) >= 11 is 0. The van der Waals surface area contributed by atoms with Crippen molar-refractivity contribution in [3.05, 3.63) is 53.2 Å². The number of aromatic nitrogens is 1. The highest BCUT2D eigenvalue weighted by Gasteiger charge is 2.56. The van der Waals surface area contributed by atoms with E-state index in [1.54, 1.807) is 0 Å². The van der Waals surface area contributed by atoms with Crippen LogP contribution in [-0.2, 0) is 12.1 Å². The first-order valence-electron chi connectivity index (χ1n) is 9.15. The van der Waals surface area contributed by atoms with Crippen LogP contribution in [0.3, 0.4) is 0 Å². The van der Waals surface area contributed by atoms with Crippen LogP contribution in [0, 0.1) is 19.8 Å². The molecule has 0 unspecified atom stereocenters. The Hall–Kier alpha value is -2.30. The number of rotatable bonds is 3. The van der Waals surface area contributed by atoms with Crippen molar-refractivity contribution in [2.24, 2.45) is 5.92 Å². The molecule has 1 N–H and O–H groups in total. The fourth-order valence-electron chi connectivity index (χ4n) is 4.48. The smallest absolute Gasteiger partial charge is 0.318 e. The Bertz CT molecular complexity index is 751. The molecule has 0 spiro atoms. The number of likely N-dealkylation sites (tertiary alicyclic amines) is 1. The minimum atomic E-state index is -0.133. The minimum absolute atomic E-state index is 0.0180. The summed E-state index contributed by atoms with van der Waals surface area (Å²) in [6, 6.07) is 10.5. The monoisotopic (exact) mass is 339 g/mol. The summed E-state index contributed by atoms with van der Waals surface area (Å²) in [4.78, 5) is 19.2. The molecule has 1 saturated heterocycles. The fraction of sp³-hybridized carbons (Fsp3) is 0.500. The summed E-state index contributed by atoms with van der Waals surface area (Å²) in [5.74, 6) is 1.94. The first-order valence-corrected chi connectivity index (χ1v) is 9.15. The van der Waals surface area contributed by atoms with E-state index in [2.05, 4.69) is 34.6 Å². The van der Waals surface area contributed by atoms with Crippen LogP contribution in [0.25, 0.3) is 0 Å². The number of oxazole rings is 1. The summed E-state index contributed by atoms with van der Waals surface area (Å²) in [6.07, 6.45) is 4.69. The molecule has 2 heterocycles. The molecule has 132 valence electrons. The number of carbonyl (C=O) groups is 1. The lowest BCUT2D eigenvalue weighted by Gasteiger charge is -2.61. The maximum absolute atomic E-state index is 12.9. The van der Waals surface area contributed by atoms with E-state index in [0.717, 1.165) is 24.4 Å². The molecule has 4 rings (SSSR count).